The second-order valence-electron chi connectivity index (χ2n) is 4.02. The third-order valence-electron chi connectivity index (χ3n) is 2.69. The Labute approximate surface area is 117 Å². The van der Waals surface area contributed by atoms with Crippen molar-refractivity contribution in [2.45, 2.75) is 0 Å². The van der Waals surface area contributed by atoms with Crippen molar-refractivity contribution in [2.24, 2.45) is 0 Å². The minimum absolute atomic E-state index is 0.122. The number of aromatic nitrogens is 2. The van der Waals surface area contributed by atoms with Gasteiger partial charge in [0.25, 0.3) is 0 Å². The van der Waals surface area contributed by atoms with Crippen molar-refractivity contribution in [1.82, 2.24) is 9.97 Å². The molecule has 0 amide bonds. The molecule has 1 aromatic carbocycles. The van der Waals surface area contributed by atoms with Crippen LogP contribution in [0.1, 0.15) is 0 Å². The number of benzene rings is 1. The van der Waals surface area contributed by atoms with Crippen molar-refractivity contribution >= 4 is 44.6 Å². The number of nitrogens with two attached hydrogens (primary N) is 1. The second kappa shape index (κ2) is 4.74. The van der Waals surface area contributed by atoms with Gasteiger partial charge in [-0.25, -0.2) is 9.97 Å². The molecule has 0 atom stereocenters. The molecule has 0 saturated heterocycles. The molecule has 0 fully saturated rings. The molecule has 20 heavy (non-hydrogen) atoms. The first-order valence-electron chi connectivity index (χ1n) is 5.64. The Balaban J connectivity index is 2.01. The molecule has 3 N–H and O–H groups in total. The molecule has 0 saturated carbocycles. The number of hydrogen-bond donors (Lipinski definition) is 2. The fraction of sp³-hybridized carbons (Fsp3) is 0. The van der Waals surface area contributed by atoms with Crippen LogP contribution >= 0.6 is 11.3 Å². The molecule has 0 spiro atoms. The third-order valence-corrected chi connectivity index (χ3v) is 3.48. The lowest BCUT2D eigenvalue weighted by Gasteiger charge is -2.06. The maximum absolute atomic E-state index is 11.0. The third kappa shape index (κ3) is 2.24. The van der Waals surface area contributed by atoms with E-state index in [4.69, 9.17) is 5.73 Å². The van der Waals surface area contributed by atoms with Crippen molar-refractivity contribution in [3.8, 4) is 0 Å². The highest BCUT2D eigenvalue weighted by atomic mass is 32.1. The molecule has 100 valence electrons. The maximum atomic E-state index is 11.0. The zero-order chi connectivity index (χ0) is 14.1. The van der Waals surface area contributed by atoms with Crippen molar-refractivity contribution in [2.75, 3.05) is 11.1 Å². The van der Waals surface area contributed by atoms with Gasteiger partial charge in [0, 0.05) is 11.8 Å². The molecule has 2 aromatic heterocycles. The van der Waals surface area contributed by atoms with Gasteiger partial charge < -0.3 is 11.1 Å². The number of anilines is 3. The highest BCUT2D eigenvalue weighted by Gasteiger charge is 2.15. The summed E-state index contributed by atoms with van der Waals surface area (Å²) in [7, 11) is 0. The predicted octanol–water partition coefficient (Wildman–Crippen LogP) is 2.93. The van der Waals surface area contributed by atoms with E-state index in [1.807, 2.05) is 12.1 Å². The first-order chi connectivity index (χ1) is 9.63. The van der Waals surface area contributed by atoms with E-state index in [9.17, 15) is 10.1 Å². The van der Waals surface area contributed by atoms with Crippen LogP contribution in [0.2, 0.25) is 0 Å². The summed E-state index contributed by atoms with van der Waals surface area (Å²) in [5.74, 6) is 0.343. The number of nitrogen functional groups attached to an aromatic ring is 1. The zero-order valence-corrected chi connectivity index (χ0v) is 10.9. The van der Waals surface area contributed by atoms with Crippen LogP contribution in [0.4, 0.5) is 23.0 Å². The van der Waals surface area contributed by atoms with Crippen molar-refractivity contribution < 1.29 is 4.92 Å². The van der Waals surface area contributed by atoms with Gasteiger partial charge in [-0.15, -0.1) is 11.3 Å². The fourth-order valence-electron chi connectivity index (χ4n) is 1.78. The van der Waals surface area contributed by atoms with Crippen molar-refractivity contribution in [3.63, 3.8) is 0 Å². The molecule has 3 rings (SSSR count). The smallest absolute Gasteiger partial charge is 0.311 e. The van der Waals surface area contributed by atoms with Gasteiger partial charge in [-0.2, -0.15) is 0 Å². The number of nitrogens with zero attached hydrogens (tertiary/aromatic N) is 3. The number of rotatable bonds is 3. The number of nitrogens with one attached hydrogen (secondary N) is 1. The summed E-state index contributed by atoms with van der Waals surface area (Å²) in [5.41, 5.74) is 8.78. The zero-order valence-electron chi connectivity index (χ0n) is 10.1. The van der Waals surface area contributed by atoms with Crippen LogP contribution in [0.15, 0.2) is 35.8 Å². The van der Waals surface area contributed by atoms with Crippen LogP contribution in [-0.4, -0.2) is 14.9 Å². The Kier molecular flexibility index (Phi) is 2.92. The lowest BCUT2D eigenvalue weighted by molar-refractivity contribution is -0.384. The van der Waals surface area contributed by atoms with Gasteiger partial charge in [0.15, 0.2) is 0 Å². The average molecular weight is 287 g/mol. The number of pyridine rings is 1. The quantitative estimate of drug-likeness (QED) is 0.566. The molecule has 0 aliphatic rings. The van der Waals surface area contributed by atoms with E-state index in [2.05, 4.69) is 15.3 Å². The van der Waals surface area contributed by atoms with Crippen LogP contribution < -0.4 is 11.1 Å². The summed E-state index contributed by atoms with van der Waals surface area (Å²) in [6.45, 7) is 0. The van der Waals surface area contributed by atoms with Gasteiger partial charge in [0.2, 0.25) is 5.82 Å². The van der Waals surface area contributed by atoms with E-state index in [1.54, 1.807) is 11.6 Å². The molecule has 0 aliphatic carbocycles. The van der Waals surface area contributed by atoms with Gasteiger partial charge in [0.05, 0.1) is 20.7 Å². The molecule has 7 nitrogen and oxygen atoms in total. The minimum atomic E-state index is -0.500. The standard InChI is InChI=1S/C12H9N5O2S/c13-11-4-3-9(17(18)19)12(16-11)15-7-1-2-8-10(5-7)20-6-14-8/h1-6H,(H3,13,15,16). The first-order valence-corrected chi connectivity index (χ1v) is 6.52. The monoisotopic (exact) mass is 287 g/mol. The molecular weight excluding hydrogens is 278 g/mol. The van der Waals surface area contributed by atoms with E-state index in [0.717, 1.165) is 10.2 Å². The van der Waals surface area contributed by atoms with Gasteiger partial charge in [-0.3, -0.25) is 10.1 Å². The second-order valence-corrected chi connectivity index (χ2v) is 4.91. The van der Waals surface area contributed by atoms with E-state index >= 15 is 0 Å². The predicted molar refractivity (Wildman–Crippen MR) is 78.2 cm³/mol. The number of nitro groups is 1. The van der Waals surface area contributed by atoms with E-state index in [0.29, 0.717) is 5.69 Å². The van der Waals surface area contributed by atoms with Gasteiger partial charge in [-0.1, -0.05) is 0 Å². The summed E-state index contributed by atoms with van der Waals surface area (Å²) >= 11 is 1.50. The average Bonchev–Trinajstić information content (AvgIpc) is 2.85. The summed E-state index contributed by atoms with van der Waals surface area (Å²) < 4.78 is 0.988. The van der Waals surface area contributed by atoms with Crippen LogP contribution in [0.25, 0.3) is 10.2 Å². The normalized spacial score (nSPS) is 10.6. The maximum Gasteiger partial charge on any atom is 0.311 e. The van der Waals surface area contributed by atoms with Crippen LogP contribution in [0.5, 0.6) is 0 Å². The molecule has 3 aromatic rings. The summed E-state index contributed by atoms with van der Waals surface area (Å²) in [6, 6.07) is 8.22. The Morgan fingerprint density at radius 3 is 2.95 bits per heavy atom. The number of hydrogen-bond acceptors (Lipinski definition) is 7. The summed E-state index contributed by atoms with van der Waals surface area (Å²) in [6.07, 6.45) is 0. The van der Waals surface area contributed by atoms with E-state index < -0.39 is 4.92 Å². The highest BCUT2D eigenvalue weighted by molar-refractivity contribution is 7.16. The lowest BCUT2D eigenvalue weighted by Crippen LogP contribution is -2.01. The van der Waals surface area contributed by atoms with Crippen molar-refractivity contribution in [1.29, 1.82) is 0 Å². The van der Waals surface area contributed by atoms with E-state index in [1.165, 1.54) is 23.5 Å². The Bertz CT molecular complexity index is 801. The van der Waals surface area contributed by atoms with Crippen LogP contribution in [0, 0.1) is 10.1 Å². The van der Waals surface area contributed by atoms with Gasteiger partial charge in [-0.05, 0) is 24.3 Å². The molecule has 0 unspecified atom stereocenters. The lowest BCUT2D eigenvalue weighted by atomic mass is 10.3. The molecule has 0 aliphatic heterocycles. The number of fused-ring (bicyclic) bond motifs is 1. The van der Waals surface area contributed by atoms with Crippen molar-refractivity contribution in [3.05, 3.63) is 46.0 Å². The SMILES string of the molecule is Nc1ccc([N+](=O)[O-])c(Nc2ccc3ncsc3c2)n1. The Morgan fingerprint density at radius 2 is 2.15 bits per heavy atom. The van der Waals surface area contributed by atoms with Gasteiger partial charge in [0.1, 0.15) is 5.82 Å². The van der Waals surface area contributed by atoms with Crippen LogP contribution in [-0.2, 0) is 0 Å². The molecule has 8 heteroatoms. The minimum Gasteiger partial charge on any atom is -0.384 e. The van der Waals surface area contributed by atoms with Crippen LogP contribution in [0.3, 0.4) is 0 Å². The Hall–Kier alpha value is -2.74. The largest absolute Gasteiger partial charge is 0.384 e. The molecule has 0 radical (unpaired) electrons. The van der Waals surface area contributed by atoms with E-state index in [-0.39, 0.29) is 17.3 Å². The molecular formula is C12H9N5O2S. The summed E-state index contributed by atoms with van der Waals surface area (Å²) in [5, 5.41) is 13.9. The highest BCUT2D eigenvalue weighted by Crippen LogP contribution is 2.28. The number of thiazole rings is 1. The Morgan fingerprint density at radius 1 is 1.30 bits per heavy atom. The topological polar surface area (TPSA) is 107 Å². The molecule has 0 bridgehead atoms. The summed E-state index contributed by atoms with van der Waals surface area (Å²) in [4.78, 5) is 18.6. The molecule has 2 heterocycles. The van der Waals surface area contributed by atoms with Gasteiger partial charge >= 0.3 is 5.69 Å². The fourth-order valence-corrected chi connectivity index (χ4v) is 2.49. The first kappa shape index (κ1) is 12.3.